The number of hydrogen-bond donors (Lipinski definition) is 2. The smallest absolute Gasteiger partial charge is 0.164 e. The van der Waals surface area contributed by atoms with Gasteiger partial charge in [-0.2, -0.15) is 0 Å². The van der Waals surface area contributed by atoms with E-state index in [0.29, 0.717) is 152 Å². The first kappa shape index (κ1) is 74.2. The topological polar surface area (TPSA) is 183 Å². The van der Waals surface area contributed by atoms with E-state index in [9.17, 15) is 0 Å². The molecule has 0 fully saturated rings. The van der Waals surface area contributed by atoms with Crippen molar-refractivity contribution in [3.05, 3.63) is 93.0 Å². The number of nitrogens with one attached hydrogen (secondary N) is 2. The van der Waals surface area contributed by atoms with Crippen LogP contribution in [0.1, 0.15) is 254 Å². The highest BCUT2D eigenvalue weighted by molar-refractivity contribution is 6.07. The van der Waals surface area contributed by atoms with Gasteiger partial charge in [-0.1, -0.05) is 158 Å². The van der Waals surface area contributed by atoms with Gasteiger partial charge in [-0.3, -0.25) is 0 Å². The monoisotopic (exact) mass is 1310 g/mol. The minimum Gasteiger partial charge on any atom is -0.377 e. The van der Waals surface area contributed by atoms with E-state index in [2.05, 4.69) is 114 Å². The molecule has 0 aliphatic carbocycles. The standard InChI is InChI=1S/C80H114N8O8/c1-9-17-25-33-89-49-57-41-65-66(42-58(57)50-90-34-26-18-10-2)74-81-73(65)85-75-67-43-59(51-91-35-27-19-11-3)60(52-92-36-28-20-12-4)44-68(67)77(82-75)87-79-71-47-63(55-95-39-31-23-15-7)64(56-96-40-32-24-16-8)48-72(71)80(84-79)88-78-70-46-62(54-94-38-30-22-14-6)61(53-93-37-29-21-13-5)45-69(70)76(83-78)86-74/h41-48H,9-40,49-56H2,1-8H3,(H2,81,82,83,84,85,86,87,88). The highest BCUT2D eigenvalue weighted by Gasteiger charge is 2.27. The molecule has 8 bridgehead atoms. The Hall–Kier alpha value is -6.08. The lowest BCUT2D eigenvalue weighted by molar-refractivity contribution is 0.104. The van der Waals surface area contributed by atoms with Gasteiger partial charge in [0.15, 0.2) is 23.3 Å². The maximum Gasteiger partial charge on any atom is 0.164 e. The van der Waals surface area contributed by atoms with Crippen molar-refractivity contribution in [2.45, 2.75) is 262 Å². The van der Waals surface area contributed by atoms with Gasteiger partial charge in [0.05, 0.1) is 52.9 Å². The molecule has 2 aliphatic heterocycles. The maximum absolute atomic E-state index is 6.51. The second kappa shape index (κ2) is 40.7. The number of fused-ring (bicyclic) bond motifs is 20. The third kappa shape index (κ3) is 21.0. The molecule has 96 heavy (non-hydrogen) atoms. The Morgan fingerprint density at radius 3 is 0.552 bits per heavy atom. The van der Waals surface area contributed by atoms with Gasteiger partial charge in [0, 0.05) is 96.7 Å². The molecule has 522 valence electrons. The first-order chi connectivity index (χ1) is 47.3. The molecule has 2 N–H and O–H groups in total. The van der Waals surface area contributed by atoms with E-state index >= 15 is 0 Å². The highest BCUT2D eigenvalue weighted by atomic mass is 16.5. The van der Waals surface area contributed by atoms with Crippen molar-refractivity contribution in [3.8, 4) is 45.6 Å². The van der Waals surface area contributed by atoms with E-state index in [1.54, 1.807) is 0 Å². The molecule has 0 spiro atoms. The third-order valence-electron chi connectivity index (χ3n) is 18.3. The maximum atomic E-state index is 6.51. The van der Waals surface area contributed by atoms with Crippen LogP contribution < -0.4 is 0 Å². The van der Waals surface area contributed by atoms with Crippen molar-refractivity contribution < 1.29 is 37.9 Å². The van der Waals surface area contributed by atoms with E-state index in [4.69, 9.17) is 67.8 Å². The van der Waals surface area contributed by atoms with Gasteiger partial charge < -0.3 is 47.9 Å². The summed E-state index contributed by atoms with van der Waals surface area (Å²) < 4.78 is 52.0. The average Bonchev–Trinajstić information content (AvgIpc) is 1.60. The molecule has 2 aliphatic rings. The molecule has 4 aromatic carbocycles. The van der Waals surface area contributed by atoms with Gasteiger partial charge >= 0.3 is 0 Å². The summed E-state index contributed by atoms with van der Waals surface area (Å²) in [5.74, 6) is 2.08. The predicted molar refractivity (Wildman–Crippen MR) is 390 cm³/mol. The second-order valence-electron chi connectivity index (χ2n) is 26.4. The van der Waals surface area contributed by atoms with Crippen LogP contribution in [-0.4, -0.2) is 92.7 Å². The van der Waals surface area contributed by atoms with Crippen LogP contribution in [0.15, 0.2) is 48.5 Å². The van der Waals surface area contributed by atoms with Gasteiger partial charge in [-0.15, -0.1) is 0 Å². The van der Waals surface area contributed by atoms with Crippen LogP contribution in [0.2, 0.25) is 0 Å². The summed E-state index contributed by atoms with van der Waals surface area (Å²) in [6.45, 7) is 26.5. The Balaban J connectivity index is 1.36. The minimum atomic E-state index is 0.423. The van der Waals surface area contributed by atoms with Crippen molar-refractivity contribution >= 4 is 44.1 Å². The number of H-pyrrole nitrogens is 2. The summed E-state index contributed by atoms with van der Waals surface area (Å²) in [6, 6.07) is 17.7. The molecule has 3 aromatic heterocycles. The normalized spacial score (nSPS) is 12.1. The van der Waals surface area contributed by atoms with Crippen molar-refractivity contribution in [1.29, 1.82) is 0 Å². The lowest BCUT2D eigenvalue weighted by Crippen LogP contribution is -2.04. The van der Waals surface area contributed by atoms with Crippen LogP contribution in [0.4, 0.5) is 0 Å². The van der Waals surface area contributed by atoms with Crippen LogP contribution in [0.5, 0.6) is 0 Å². The Morgan fingerprint density at radius 1 is 0.219 bits per heavy atom. The Bertz CT molecular complexity index is 3230. The fourth-order valence-electron chi connectivity index (χ4n) is 12.5. The van der Waals surface area contributed by atoms with Crippen LogP contribution >= 0.6 is 0 Å². The summed E-state index contributed by atoms with van der Waals surface area (Å²) in [4.78, 5) is 41.2. The first-order valence-corrected chi connectivity index (χ1v) is 37.4. The Labute approximate surface area is 573 Å². The lowest BCUT2D eigenvalue weighted by atomic mass is 9.99. The van der Waals surface area contributed by atoms with Gasteiger partial charge in [-0.25, -0.2) is 29.9 Å². The van der Waals surface area contributed by atoms with E-state index in [0.717, 1.165) is 242 Å². The third-order valence-corrected chi connectivity index (χ3v) is 18.3. The van der Waals surface area contributed by atoms with Gasteiger partial charge in [0.2, 0.25) is 0 Å². The largest absolute Gasteiger partial charge is 0.377 e. The van der Waals surface area contributed by atoms with Crippen molar-refractivity contribution in [2.75, 3.05) is 52.9 Å². The first-order valence-electron chi connectivity index (χ1n) is 37.4. The average molecular weight is 1320 g/mol. The fourth-order valence-corrected chi connectivity index (χ4v) is 12.5. The lowest BCUT2D eigenvalue weighted by Gasteiger charge is -2.14. The molecule has 16 heteroatoms. The summed E-state index contributed by atoms with van der Waals surface area (Å²) >= 11 is 0. The Morgan fingerprint density at radius 2 is 0.385 bits per heavy atom. The van der Waals surface area contributed by atoms with E-state index in [-0.39, 0.29) is 0 Å². The summed E-state index contributed by atoms with van der Waals surface area (Å²) in [5.41, 5.74) is 14.2. The number of unbranched alkanes of at least 4 members (excludes halogenated alkanes) is 16. The van der Waals surface area contributed by atoms with Crippen LogP contribution in [-0.2, 0) is 90.7 Å². The molecule has 5 heterocycles. The molecular weight excluding hydrogens is 1200 g/mol. The number of benzene rings is 4. The van der Waals surface area contributed by atoms with Crippen LogP contribution in [0.25, 0.3) is 89.7 Å². The Kier molecular flexibility index (Phi) is 31.5. The summed E-state index contributed by atoms with van der Waals surface area (Å²) in [5, 5.41) is 3.52. The molecule has 0 unspecified atom stereocenters. The molecular formula is C80H114N8O8. The molecule has 0 atom stereocenters. The quantitative estimate of drug-likeness (QED) is 0.0344. The molecule has 0 saturated carbocycles. The molecule has 7 aromatic rings. The van der Waals surface area contributed by atoms with Gasteiger partial charge in [-0.05, 0) is 144 Å². The van der Waals surface area contributed by atoms with Crippen molar-refractivity contribution in [2.24, 2.45) is 0 Å². The van der Waals surface area contributed by atoms with Crippen LogP contribution in [0, 0.1) is 0 Å². The van der Waals surface area contributed by atoms with E-state index < -0.39 is 0 Å². The molecule has 0 amide bonds. The number of ether oxygens (including phenoxy) is 8. The number of nitrogens with zero attached hydrogens (tertiary/aromatic N) is 6. The van der Waals surface area contributed by atoms with Crippen LogP contribution in [0.3, 0.4) is 0 Å². The van der Waals surface area contributed by atoms with Gasteiger partial charge in [0.25, 0.3) is 0 Å². The zero-order chi connectivity index (χ0) is 67.1. The van der Waals surface area contributed by atoms with E-state index in [1.807, 2.05) is 0 Å². The fraction of sp³-hybridized carbons (Fsp3) is 0.600. The zero-order valence-corrected chi connectivity index (χ0v) is 59.9. The molecule has 0 radical (unpaired) electrons. The molecule has 0 saturated heterocycles. The van der Waals surface area contributed by atoms with Crippen molar-refractivity contribution in [1.82, 2.24) is 39.9 Å². The van der Waals surface area contributed by atoms with E-state index in [1.165, 1.54) is 0 Å². The predicted octanol–water partition coefficient (Wildman–Crippen LogP) is 20.5. The highest BCUT2D eigenvalue weighted by Crippen LogP contribution is 2.41. The summed E-state index contributed by atoms with van der Waals surface area (Å²) in [7, 11) is 0. The second-order valence-corrected chi connectivity index (χ2v) is 26.4. The number of aromatic amines is 2. The SMILES string of the molecule is CCCCCOCc1cc2c(cc1COCCCCC)-c1nc-2nc2[nH]c(nc3nc(nc4[nH]c(n1)c1cc(COCCCCC)c(COCCCCC)cc41)-c1cc(COCCCCC)c(COCCCCC)cc1-3)c1cc(COCCCCC)c(COCCCCC)cc21. The summed E-state index contributed by atoms with van der Waals surface area (Å²) in [6.07, 6.45) is 25.8. The number of hydrogen-bond acceptors (Lipinski definition) is 14. The van der Waals surface area contributed by atoms with Crippen molar-refractivity contribution in [3.63, 3.8) is 0 Å². The number of rotatable bonds is 48. The minimum absolute atomic E-state index is 0.423. The zero-order valence-electron chi connectivity index (χ0n) is 59.9. The molecule has 16 nitrogen and oxygen atoms in total. The number of aromatic nitrogens is 8. The molecule has 9 rings (SSSR count). The van der Waals surface area contributed by atoms with Gasteiger partial charge in [0.1, 0.15) is 22.6 Å².